The number of thiocarbonyl (C=S) groups is 1. The van der Waals surface area contributed by atoms with Gasteiger partial charge >= 0.3 is 0 Å². The molecule has 22 heavy (non-hydrogen) atoms. The molecule has 0 aliphatic rings. The van der Waals surface area contributed by atoms with Crippen LogP contribution in [0.5, 0.6) is 0 Å². The minimum absolute atomic E-state index is 0.177. The summed E-state index contributed by atoms with van der Waals surface area (Å²) in [7, 11) is 0. The molecule has 0 radical (unpaired) electrons. The Morgan fingerprint density at radius 2 is 1.64 bits per heavy atom. The molecule has 0 aromatic heterocycles. The minimum atomic E-state index is 0.177. The third kappa shape index (κ3) is 5.00. The highest BCUT2D eigenvalue weighted by atomic mass is 35.5. The molecular weight excluding hydrogens is 312 g/mol. The highest BCUT2D eigenvalue weighted by Gasteiger charge is 2.06. The average Bonchev–Trinajstić information content (AvgIpc) is 2.54. The van der Waals surface area contributed by atoms with Crippen LogP contribution in [0.3, 0.4) is 0 Å². The minimum Gasteiger partial charge on any atom is -0.359 e. The Hall–Kier alpha value is -1.58. The zero-order valence-electron chi connectivity index (χ0n) is 12.9. The second-order valence-electron chi connectivity index (χ2n) is 5.27. The third-order valence-corrected chi connectivity index (χ3v) is 4.12. The summed E-state index contributed by atoms with van der Waals surface area (Å²) < 4.78 is 0. The molecule has 2 nitrogen and oxygen atoms in total. The van der Waals surface area contributed by atoms with Crippen molar-refractivity contribution in [2.24, 2.45) is 0 Å². The van der Waals surface area contributed by atoms with E-state index in [0.29, 0.717) is 11.7 Å². The summed E-state index contributed by atoms with van der Waals surface area (Å²) in [4.78, 5) is 0. The topological polar surface area (TPSA) is 24.1 Å². The molecule has 0 aliphatic heterocycles. The van der Waals surface area contributed by atoms with Gasteiger partial charge in [0.2, 0.25) is 0 Å². The maximum atomic E-state index is 5.87. The molecule has 0 aliphatic carbocycles. The van der Waals surface area contributed by atoms with E-state index in [4.69, 9.17) is 23.8 Å². The van der Waals surface area contributed by atoms with E-state index in [1.807, 2.05) is 24.3 Å². The number of halogens is 1. The summed E-state index contributed by atoms with van der Waals surface area (Å²) in [5.74, 6) is 0. The quantitative estimate of drug-likeness (QED) is 0.781. The van der Waals surface area contributed by atoms with Crippen molar-refractivity contribution < 1.29 is 0 Å². The van der Waals surface area contributed by atoms with Crippen molar-refractivity contribution >= 4 is 28.9 Å². The van der Waals surface area contributed by atoms with Gasteiger partial charge in [-0.25, -0.2) is 0 Å². The third-order valence-electron chi connectivity index (χ3n) is 3.60. The Morgan fingerprint density at radius 1 is 1.05 bits per heavy atom. The Kier molecular flexibility index (Phi) is 6.22. The molecular formula is C18H21ClN2S. The molecule has 2 aromatic rings. The molecule has 0 bridgehead atoms. The number of nitrogens with one attached hydrogen (secondary N) is 2. The van der Waals surface area contributed by atoms with Crippen molar-refractivity contribution in [1.29, 1.82) is 0 Å². The van der Waals surface area contributed by atoms with E-state index in [1.165, 1.54) is 11.1 Å². The molecule has 1 atom stereocenters. The monoisotopic (exact) mass is 332 g/mol. The van der Waals surface area contributed by atoms with Crippen molar-refractivity contribution in [3.05, 3.63) is 70.2 Å². The van der Waals surface area contributed by atoms with Crippen molar-refractivity contribution in [3.63, 3.8) is 0 Å². The van der Waals surface area contributed by atoms with Gasteiger partial charge in [-0.2, -0.15) is 0 Å². The fourth-order valence-electron chi connectivity index (χ4n) is 2.16. The van der Waals surface area contributed by atoms with Gasteiger partial charge in [-0.1, -0.05) is 54.9 Å². The Morgan fingerprint density at radius 3 is 2.23 bits per heavy atom. The molecule has 1 unspecified atom stereocenters. The first kappa shape index (κ1) is 16.8. The predicted octanol–water partition coefficient (Wildman–Crippen LogP) is 4.63. The lowest BCUT2D eigenvalue weighted by atomic mass is 10.1. The van der Waals surface area contributed by atoms with E-state index >= 15 is 0 Å². The summed E-state index contributed by atoms with van der Waals surface area (Å²) in [5, 5.41) is 7.93. The predicted molar refractivity (Wildman–Crippen MR) is 98.3 cm³/mol. The van der Waals surface area contributed by atoms with Gasteiger partial charge in [-0.3, -0.25) is 0 Å². The molecule has 4 heteroatoms. The van der Waals surface area contributed by atoms with Crippen LogP contribution in [-0.2, 0) is 13.0 Å². The van der Waals surface area contributed by atoms with Crippen LogP contribution in [0.2, 0.25) is 5.02 Å². The van der Waals surface area contributed by atoms with E-state index < -0.39 is 0 Å². The van der Waals surface area contributed by atoms with Crippen LogP contribution in [-0.4, -0.2) is 5.11 Å². The van der Waals surface area contributed by atoms with Gasteiger partial charge in [0.25, 0.3) is 0 Å². The second-order valence-corrected chi connectivity index (χ2v) is 6.11. The fourth-order valence-corrected chi connectivity index (χ4v) is 2.53. The van der Waals surface area contributed by atoms with E-state index in [2.05, 4.69) is 48.7 Å². The molecule has 0 heterocycles. The highest BCUT2D eigenvalue weighted by Crippen LogP contribution is 2.14. The largest absolute Gasteiger partial charge is 0.359 e. The summed E-state index contributed by atoms with van der Waals surface area (Å²) in [6, 6.07) is 16.6. The molecule has 0 amide bonds. The number of rotatable bonds is 5. The van der Waals surface area contributed by atoms with Crippen LogP contribution in [0.1, 0.15) is 36.6 Å². The van der Waals surface area contributed by atoms with E-state index in [1.54, 1.807) is 0 Å². The fraction of sp³-hybridized carbons (Fsp3) is 0.278. The van der Waals surface area contributed by atoms with Gasteiger partial charge in [0, 0.05) is 11.6 Å². The lowest BCUT2D eigenvalue weighted by Gasteiger charge is -2.17. The lowest BCUT2D eigenvalue weighted by molar-refractivity contribution is 0.697. The van der Waals surface area contributed by atoms with Crippen LogP contribution >= 0.6 is 23.8 Å². The van der Waals surface area contributed by atoms with Crippen LogP contribution in [0.4, 0.5) is 0 Å². The van der Waals surface area contributed by atoms with Crippen LogP contribution in [0.15, 0.2) is 48.5 Å². The standard InChI is InChI=1S/C18H21ClN2S/c1-3-14-4-8-16(9-5-14)13(2)21-18(22)20-12-15-6-10-17(19)11-7-15/h4-11,13H,3,12H2,1-2H3,(H2,20,21,22). The number of hydrogen-bond acceptors (Lipinski definition) is 1. The lowest BCUT2D eigenvalue weighted by Crippen LogP contribution is -2.36. The SMILES string of the molecule is CCc1ccc(C(C)NC(=S)NCc2ccc(Cl)cc2)cc1. The zero-order chi connectivity index (χ0) is 15.9. The van der Waals surface area contributed by atoms with Gasteiger partial charge in [0.15, 0.2) is 5.11 Å². The molecule has 116 valence electrons. The van der Waals surface area contributed by atoms with Crippen molar-refractivity contribution in [1.82, 2.24) is 10.6 Å². The van der Waals surface area contributed by atoms with Crippen molar-refractivity contribution in [3.8, 4) is 0 Å². The van der Waals surface area contributed by atoms with Crippen molar-refractivity contribution in [2.45, 2.75) is 32.9 Å². The summed E-state index contributed by atoms with van der Waals surface area (Å²) in [6.45, 7) is 4.95. The zero-order valence-corrected chi connectivity index (χ0v) is 14.5. The molecule has 0 saturated heterocycles. The summed E-state index contributed by atoms with van der Waals surface area (Å²) in [5.41, 5.74) is 3.72. The maximum absolute atomic E-state index is 5.87. The summed E-state index contributed by atoms with van der Waals surface area (Å²) >= 11 is 11.2. The number of hydrogen-bond donors (Lipinski definition) is 2. The second kappa shape index (κ2) is 8.16. The Bertz CT molecular complexity index is 608. The molecule has 0 spiro atoms. The first-order chi connectivity index (χ1) is 10.6. The first-order valence-electron chi connectivity index (χ1n) is 7.46. The number of benzene rings is 2. The molecule has 0 fully saturated rings. The Labute approximate surface area is 142 Å². The molecule has 2 rings (SSSR count). The molecule has 2 N–H and O–H groups in total. The van der Waals surface area contributed by atoms with Gasteiger partial charge in [-0.05, 0) is 54.4 Å². The first-order valence-corrected chi connectivity index (χ1v) is 8.24. The van der Waals surface area contributed by atoms with Crippen LogP contribution < -0.4 is 10.6 Å². The van der Waals surface area contributed by atoms with Gasteiger partial charge in [0.05, 0.1) is 6.04 Å². The van der Waals surface area contributed by atoms with E-state index in [0.717, 1.165) is 17.0 Å². The smallest absolute Gasteiger partial charge is 0.167 e. The van der Waals surface area contributed by atoms with E-state index in [9.17, 15) is 0 Å². The van der Waals surface area contributed by atoms with Gasteiger partial charge in [-0.15, -0.1) is 0 Å². The number of aryl methyl sites for hydroxylation is 1. The maximum Gasteiger partial charge on any atom is 0.167 e. The van der Waals surface area contributed by atoms with E-state index in [-0.39, 0.29) is 6.04 Å². The van der Waals surface area contributed by atoms with Crippen molar-refractivity contribution in [2.75, 3.05) is 0 Å². The van der Waals surface area contributed by atoms with Crippen LogP contribution in [0, 0.1) is 0 Å². The molecule has 0 saturated carbocycles. The van der Waals surface area contributed by atoms with Gasteiger partial charge < -0.3 is 10.6 Å². The Balaban J connectivity index is 1.83. The van der Waals surface area contributed by atoms with Crippen LogP contribution in [0.25, 0.3) is 0 Å². The van der Waals surface area contributed by atoms with Gasteiger partial charge in [0.1, 0.15) is 0 Å². The normalized spacial score (nSPS) is 11.8. The average molecular weight is 333 g/mol. The highest BCUT2D eigenvalue weighted by molar-refractivity contribution is 7.80. The molecule has 2 aromatic carbocycles. The summed E-state index contributed by atoms with van der Waals surface area (Å²) in [6.07, 6.45) is 1.06.